The molecule has 3 aromatic rings. The molecule has 1 unspecified atom stereocenters. The summed E-state index contributed by atoms with van der Waals surface area (Å²) in [5.74, 6) is -1.75. The van der Waals surface area contributed by atoms with Crippen LogP contribution < -0.4 is 10.4 Å². The summed E-state index contributed by atoms with van der Waals surface area (Å²) in [5.41, 5.74) is 0.530. The van der Waals surface area contributed by atoms with Crippen LogP contribution in [-0.4, -0.2) is 32.1 Å². The smallest absolute Gasteiger partial charge is 0.335 e. The maximum atomic E-state index is 13.8. The molecular formula is C27H28FNO4Si. The van der Waals surface area contributed by atoms with Gasteiger partial charge in [0, 0.05) is 0 Å². The van der Waals surface area contributed by atoms with Crippen LogP contribution in [0.3, 0.4) is 0 Å². The highest BCUT2D eigenvalue weighted by Gasteiger charge is 2.50. The Hall–Kier alpha value is -3.31. The highest BCUT2D eigenvalue weighted by atomic mass is 28.4. The average molecular weight is 478 g/mol. The summed E-state index contributed by atoms with van der Waals surface area (Å²) in [6.45, 7) is 5.97. The summed E-state index contributed by atoms with van der Waals surface area (Å²) in [6.07, 6.45) is -1.27. The first-order valence-electron chi connectivity index (χ1n) is 11.0. The summed E-state index contributed by atoms with van der Waals surface area (Å²) >= 11 is 0. The maximum Gasteiger partial charge on any atom is 0.335 e. The van der Waals surface area contributed by atoms with Gasteiger partial charge in [-0.15, -0.1) is 0 Å². The van der Waals surface area contributed by atoms with E-state index in [0.29, 0.717) is 5.56 Å². The average Bonchev–Trinajstić information content (AvgIpc) is 2.81. The lowest BCUT2D eigenvalue weighted by atomic mass is 10.1. The molecule has 0 amide bonds. The minimum Gasteiger partial charge on any atom is -0.479 e. The highest BCUT2D eigenvalue weighted by molar-refractivity contribution is 6.99. The molecule has 176 valence electrons. The zero-order valence-corrected chi connectivity index (χ0v) is 20.5. The molecular weight excluding hydrogens is 449 g/mol. The topological polar surface area (TPSA) is 79.5 Å². The van der Waals surface area contributed by atoms with E-state index >= 15 is 0 Å². The van der Waals surface area contributed by atoms with Crippen molar-refractivity contribution in [3.8, 4) is 6.07 Å². The molecule has 3 rings (SSSR count). The number of hydrogen-bond donors (Lipinski definition) is 1. The Balaban J connectivity index is 1.92. The first kappa shape index (κ1) is 25.3. The van der Waals surface area contributed by atoms with Crippen molar-refractivity contribution >= 4 is 24.7 Å². The summed E-state index contributed by atoms with van der Waals surface area (Å²) in [6, 6.07) is 25.5. The molecule has 0 aliphatic heterocycles. The first-order chi connectivity index (χ1) is 16.2. The monoisotopic (exact) mass is 477 g/mol. The second kappa shape index (κ2) is 10.7. The van der Waals surface area contributed by atoms with Gasteiger partial charge in [-0.1, -0.05) is 81.4 Å². The lowest BCUT2D eigenvalue weighted by Crippen LogP contribution is -2.67. The molecule has 3 aromatic carbocycles. The maximum absolute atomic E-state index is 13.8. The Labute approximate surface area is 200 Å². The Kier molecular flexibility index (Phi) is 8.00. The molecule has 5 nitrogen and oxygen atoms in total. The molecule has 0 saturated heterocycles. The number of rotatable bonds is 9. The van der Waals surface area contributed by atoms with Crippen molar-refractivity contribution in [1.29, 1.82) is 5.26 Å². The fourth-order valence-electron chi connectivity index (χ4n) is 4.15. The van der Waals surface area contributed by atoms with Crippen LogP contribution in [0.15, 0.2) is 78.9 Å². The van der Waals surface area contributed by atoms with Gasteiger partial charge in [0.05, 0.1) is 24.8 Å². The number of benzene rings is 3. The fourth-order valence-corrected chi connectivity index (χ4v) is 8.70. The van der Waals surface area contributed by atoms with Crippen LogP contribution in [0.4, 0.5) is 4.39 Å². The Morgan fingerprint density at radius 3 is 2.06 bits per heavy atom. The third-order valence-corrected chi connectivity index (χ3v) is 10.7. The number of carbonyl (C=O) groups is 1. The normalized spacial score (nSPS) is 12.7. The van der Waals surface area contributed by atoms with Gasteiger partial charge in [0.15, 0.2) is 6.10 Å². The van der Waals surface area contributed by atoms with Gasteiger partial charge in [0.1, 0.15) is 5.82 Å². The van der Waals surface area contributed by atoms with E-state index in [1.54, 1.807) is 0 Å². The van der Waals surface area contributed by atoms with Crippen LogP contribution in [0, 0.1) is 17.1 Å². The van der Waals surface area contributed by atoms with Crippen LogP contribution in [-0.2, 0) is 20.6 Å². The standard InChI is InChI=1S/C27H28FNO4Si/c1-27(2,3)34(23-10-6-4-7-11-23,24-12-8-5-9-13-24)33-19-25(26(30)31)32-18-21-14-20(17-29)15-22(28)16-21/h4-16,25H,18-19H2,1-3H3,(H,30,31). The van der Waals surface area contributed by atoms with Gasteiger partial charge >= 0.3 is 5.97 Å². The Morgan fingerprint density at radius 2 is 1.59 bits per heavy atom. The van der Waals surface area contributed by atoms with Crippen LogP contribution in [0.1, 0.15) is 31.9 Å². The number of hydrogen-bond acceptors (Lipinski definition) is 4. The van der Waals surface area contributed by atoms with Crippen molar-refractivity contribution in [3.63, 3.8) is 0 Å². The third-order valence-electron chi connectivity index (χ3n) is 5.68. The molecule has 0 aliphatic carbocycles. The SMILES string of the molecule is CC(C)(C)[Si](OCC(OCc1cc(F)cc(C#N)c1)C(=O)O)(c1ccccc1)c1ccccc1. The Bertz CT molecular complexity index is 1120. The molecule has 1 atom stereocenters. The molecule has 0 radical (unpaired) electrons. The third kappa shape index (κ3) is 5.60. The minimum absolute atomic E-state index is 0.147. The first-order valence-corrected chi connectivity index (χ1v) is 12.9. The van der Waals surface area contributed by atoms with E-state index in [9.17, 15) is 14.3 Å². The van der Waals surface area contributed by atoms with Crippen LogP contribution in [0.2, 0.25) is 5.04 Å². The van der Waals surface area contributed by atoms with Crippen molar-refractivity contribution in [2.75, 3.05) is 6.61 Å². The molecule has 0 aromatic heterocycles. The van der Waals surface area contributed by atoms with Gasteiger partial charge in [0.2, 0.25) is 0 Å². The number of carboxylic acids is 1. The van der Waals surface area contributed by atoms with Crippen molar-refractivity contribution in [2.45, 2.75) is 38.5 Å². The molecule has 0 spiro atoms. The second-order valence-corrected chi connectivity index (χ2v) is 13.4. The molecule has 1 N–H and O–H groups in total. The van der Waals surface area contributed by atoms with Crippen molar-refractivity contribution in [3.05, 3.63) is 95.8 Å². The molecule has 0 fully saturated rings. The van der Waals surface area contributed by atoms with Gasteiger partial charge in [0.25, 0.3) is 8.32 Å². The van der Waals surface area contributed by atoms with E-state index in [-0.39, 0.29) is 23.8 Å². The fraction of sp³-hybridized carbons (Fsp3) is 0.259. The second-order valence-electron chi connectivity index (χ2n) is 9.07. The number of ether oxygens (including phenoxy) is 1. The zero-order chi connectivity index (χ0) is 24.8. The molecule has 34 heavy (non-hydrogen) atoms. The number of carboxylic acid groups (broad SMARTS) is 1. The quantitative estimate of drug-likeness (QED) is 0.466. The van der Waals surface area contributed by atoms with E-state index in [0.717, 1.165) is 16.4 Å². The van der Waals surface area contributed by atoms with Crippen molar-refractivity contribution in [2.24, 2.45) is 0 Å². The molecule has 0 aliphatic rings. The predicted molar refractivity (Wildman–Crippen MR) is 131 cm³/mol. The number of nitrogens with zero attached hydrogens (tertiary/aromatic N) is 1. The van der Waals surface area contributed by atoms with Gasteiger partial charge in [-0.3, -0.25) is 0 Å². The summed E-state index contributed by atoms with van der Waals surface area (Å²) in [4.78, 5) is 12.0. The van der Waals surface area contributed by atoms with Gasteiger partial charge in [-0.25, -0.2) is 9.18 Å². The predicted octanol–water partition coefficient (Wildman–Crippen LogP) is 4.24. The molecule has 0 heterocycles. The van der Waals surface area contributed by atoms with E-state index in [4.69, 9.17) is 14.4 Å². The number of halogens is 1. The molecule has 7 heteroatoms. The summed E-state index contributed by atoms with van der Waals surface area (Å²) in [5, 5.41) is 20.6. The van der Waals surface area contributed by atoms with E-state index in [2.05, 4.69) is 20.8 Å². The molecule has 0 saturated carbocycles. The van der Waals surface area contributed by atoms with Crippen LogP contribution >= 0.6 is 0 Å². The van der Waals surface area contributed by atoms with Gasteiger partial charge in [-0.05, 0) is 39.2 Å². The Morgan fingerprint density at radius 1 is 1.03 bits per heavy atom. The van der Waals surface area contributed by atoms with Crippen molar-refractivity contribution in [1.82, 2.24) is 0 Å². The van der Waals surface area contributed by atoms with E-state index in [1.165, 1.54) is 12.1 Å². The highest BCUT2D eigenvalue weighted by Crippen LogP contribution is 2.36. The lowest BCUT2D eigenvalue weighted by molar-refractivity contribution is -0.153. The largest absolute Gasteiger partial charge is 0.479 e. The zero-order valence-electron chi connectivity index (χ0n) is 19.5. The molecule has 0 bridgehead atoms. The number of aliphatic carboxylic acids is 1. The van der Waals surface area contributed by atoms with Gasteiger partial charge in [-0.2, -0.15) is 5.26 Å². The van der Waals surface area contributed by atoms with Crippen LogP contribution in [0.25, 0.3) is 0 Å². The number of nitriles is 1. The summed E-state index contributed by atoms with van der Waals surface area (Å²) in [7, 11) is -2.94. The minimum atomic E-state index is -2.94. The van der Waals surface area contributed by atoms with Gasteiger partial charge < -0.3 is 14.3 Å². The van der Waals surface area contributed by atoms with Crippen LogP contribution in [0.5, 0.6) is 0 Å². The van der Waals surface area contributed by atoms with E-state index < -0.39 is 26.2 Å². The van der Waals surface area contributed by atoms with E-state index in [1.807, 2.05) is 66.7 Å². The van der Waals surface area contributed by atoms with Crippen molar-refractivity contribution < 1.29 is 23.5 Å². The summed E-state index contributed by atoms with van der Waals surface area (Å²) < 4.78 is 26.1. The lowest BCUT2D eigenvalue weighted by Gasteiger charge is -2.43.